The number of amides is 1. The molecule has 1 aromatic heterocycles. The van der Waals surface area contributed by atoms with Crippen molar-refractivity contribution in [3.05, 3.63) is 69.6 Å². The molecule has 3 aromatic rings. The number of nitrogens with zero attached hydrogens (tertiary/aromatic N) is 2. The van der Waals surface area contributed by atoms with E-state index in [2.05, 4.69) is 15.2 Å². The highest BCUT2D eigenvalue weighted by Crippen LogP contribution is 2.26. The van der Waals surface area contributed by atoms with Crippen molar-refractivity contribution in [1.82, 2.24) is 19.8 Å². The lowest BCUT2D eigenvalue weighted by molar-refractivity contribution is -0.121. The number of carbonyl (C=O) groups excluding carboxylic acids is 1. The number of H-pyrrole nitrogens is 1. The van der Waals surface area contributed by atoms with Gasteiger partial charge >= 0.3 is 5.69 Å². The van der Waals surface area contributed by atoms with Crippen LogP contribution >= 0.6 is 11.6 Å². The van der Waals surface area contributed by atoms with Crippen LogP contribution < -0.4 is 11.0 Å². The van der Waals surface area contributed by atoms with E-state index < -0.39 is 0 Å². The molecule has 1 unspecified atom stereocenters. The highest BCUT2D eigenvalue weighted by atomic mass is 35.5. The van der Waals surface area contributed by atoms with Crippen LogP contribution in [0.5, 0.6) is 0 Å². The fourth-order valence-corrected chi connectivity index (χ4v) is 4.10. The van der Waals surface area contributed by atoms with Crippen molar-refractivity contribution in [2.75, 3.05) is 19.6 Å². The average molecular weight is 399 g/mol. The normalized spacial score (nSPS) is 15.8. The Kier molecular flexibility index (Phi) is 5.50. The zero-order valence-corrected chi connectivity index (χ0v) is 16.3. The molecule has 6 nitrogen and oxygen atoms in total. The maximum absolute atomic E-state index is 12.6. The van der Waals surface area contributed by atoms with Crippen molar-refractivity contribution in [3.8, 4) is 0 Å². The molecule has 0 spiro atoms. The summed E-state index contributed by atoms with van der Waals surface area (Å²) < 4.78 is 1.47. The Morgan fingerprint density at radius 3 is 2.71 bits per heavy atom. The molecule has 1 aliphatic rings. The Morgan fingerprint density at radius 2 is 1.93 bits per heavy atom. The number of halogens is 1. The van der Waals surface area contributed by atoms with Crippen LogP contribution in [-0.2, 0) is 11.3 Å². The highest BCUT2D eigenvalue weighted by molar-refractivity contribution is 6.30. The molecule has 2 heterocycles. The second-order valence-corrected chi connectivity index (χ2v) is 7.59. The number of likely N-dealkylation sites (tertiary alicyclic amines) is 1. The number of nitrogens with one attached hydrogen (secondary N) is 2. The molecule has 1 fully saturated rings. The van der Waals surface area contributed by atoms with Gasteiger partial charge < -0.3 is 10.3 Å². The molecule has 1 aliphatic heterocycles. The summed E-state index contributed by atoms with van der Waals surface area (Å²) in [6.45, 7) is 2.49. The summed E-state index contributed by atoms with van der Waals surface area (Å²) >= 11 is 6.18. The smallest absolute Gasteiger partial charge is 0.326 e. The van der Waals surface area contributed by atoms with Crippen molar-refractivity contribution in [2.45, 2.75) is 25.4 Å². The lowest BCUT2D eigenvalue weighted by Gasteiger charge is -2.28. The molecule has 146 valence electrons. The topological polar surface area (TPSA) is 70.1 Å². The first-order chi connectivity index (χ1) is 13.6. The first-order valence-electron chi connectivity index (χ1n) is 9.55. The summed E-state index contributed by atoms with van der Waals surface area (Å²) in [4.78, 5) is 29.9. The molecule has 0 saturated carbocycles. The van der Waals surface area contributed by atoms with Crippen LogP contribution in [0.25, 0.3) is 11.0 Å². The zero-order valence-electron chi connectivity index (χ0n) is 15.5. The van der Waals surface area contributed by atoms with Crippen LogP contribution in [0.1, 0.15) is 24.4 Å². The van der Waals surface area contributed by atoms with Crippen LogP contribution in [0.3, 0.4) is 0 Å². The maximum Gasteiger partial charge on any atom is 0.326 e. The molecule has 0 aliphatic carbocycles. The number of para-hydroxylation sites is 2. The van der Waals surface area contributed by atoms with Crippen LogP contribution in [0.15, 0.2) is 53.3 Å². The van der Waals surface area contributed by atoms with E-state index >= 15 is 0 Å². The van der Waals surface area contributed by atoms with Crippen LogP contribution in [-0.4, -0.2) is 40.0 Å². The van der Waals surface area contributed by atoms with Gasteiger partial charge in [0.05, 0.1) is 17.1 Å². The van der Waals surface area contributed by atoms with E-state index in [1.54, 1.807) is 0 Å². The molecule has 7 heteroatoms. The third-order valence-corrected chi connectivity index (χ3v) is 5.53. The second kappa shape index (κ2) is 8.20. The van der Waals surface area contributed by atoms with E-state index in [1.807, 2.05) is 48.5 Å². The van der Waals surface area contributed by atoms with Gasteiger partial charge in [-0.1, -0.05) is 35.9 Å². The molecule has 1 saturated heterocycles. The SMILES string of the molecule is O=C(Cn1c(=O)[nH]c2ccccc21)NCC(c1cccc(Cl)c1)N1CCCC1. The van der Waals surface area contributed by atoms with E-state index in [-0.39, 0.29) is 24.2 Å². The first-order valence-corrected chi connectivity index (χ1v) is 9.93. The van der Waals surface area contributed by atoms with E-state index in [4.69, 9.17) is 11.6 Å². The molecule has 28 heavy (non-hydrogen) atoms. The predicted molar refractivity (Wildman–Crippen MR) is 111 cm³/mol. The van der Waals surface area contributed by atoms with Gasteiger partial charge in [0.2, 0.25) is 5.91 Å². The molecule has 2 aromatic carbocycles. The van der Waals surface area contributed by atoms with Gasteiger partial charge in [0.1, 0.15) is 6.54 Å². The van der Waals surface area contributed by atoms with Gasteiger partial charge in [0.15, 0.2) is 0 Å². The van der Waals surface area contributed by atoms with Gasteiger partial charge in [0, 0.05) is 11.6 Å². The first kappa shape index (κ1) is 18.8. The number of aromatic nitrogens is 2. The van der Waals surface area contributed by atoms with Gasteiger partial charge in [0.25, 0.3) is 0 Å². The number of imidazole rings is 1. The Balaban J connectivity index is 1.48. The van der Waals surface area contributed by atoms with Gasteiger partial charge in [-0.15, -0.1) is 0 Å². The van der Waals surface area contributed by atoms with Crippen LogP contribution in [0, 0.1) is 0 Å². The van der Waals surface area contributed by atoms with Crippen molar-refractivity contribution in [2.24, 2.45) is 0 Å². The lowest BCUT2D eigenvalue weighted by atomic mass is 10.1. The van der Waals surface area contributed by atoms with Gasteiger partial charge in [-0.3, -0.25) is 14.3 Å². The monoisotopic (exact) mass is 398 g/mol. The standard InChI is InChI=1S/C21H23ClN4O2/c22-16-7-5-6-15(12-16)19(25-10-3-4-11-25)13-23-20(27)14-26-18-9-2-1-8-17(18)24-21(26)28/h1-2,5-9,12,19H,3-4,10-11,13-14H2,(H,23,27)(H,24,28). The molecule has 0 bridgehead atoms. The summed E-state index contributed by atoms with van der Waals surface area (Å²) in [5.74, 6) is -0.182. The number of carbonyl (C=O) groups is 1. The van der Waals surface area contributed by atoms with Crippen molar-refractivity contribution < 1.29 is 4.79 Å². The predicted octanol–water partition coefficient (Wildman–Crippen LogP) is 2.94. The fraction of sp³-hybridized carbons (Fsp3) is 0.333. The Hall–Kier alpha value is -2.57. The van der Waals surface area contributed by atoms with E-state index in [0.717, 1.165) is 42.5 Å². The number of fused-ring (bicyclic) bond motifs is 1. The molecule has 1 atom stereocenters. The fourth-order valence-electron chi connectivity index (χ4n) is 3.90. The number of aromatic amines is 1. The zero-order chi connectivity index (χ0) is 19.5. The molecule has 2 N–H and O–H groups in total. The minimum atomic E-state index is -0.276. The highest BCUT2D eigenvalue weighted by Gasteiger charge is 2.24. The minimum absolute atomic E-state index is 0.00882. The van der Waals surface area contributed by atoms with E-state index in [9.17, 15) is 9.59 Å². The van der Waals surface area contributed by atoms with Gasteiger partial charge in [-0.25, -0.2) is 4.79 Å². The number of benzene rings is 2. The van der Waals surface area contributed by atoms with E-state index in [1.165, 1.54) is 4.57 Å². The Labute approximate surface area is 168 Å². The quantitative estimate of drug-likeness (QED) is 0.670. The number of hydrogen-bond acceptors (Lipinski definition) is 3. The summed E-state index contributed by atoms with van der Waals surface area (Å²) in [7, 11) is 0. The minimum Gasteiger partial charge on any atom is -0.353 e. The summed E-state index contributed by atoms with van der Waals surface area (Å²) in [5, 5.41) is 3.70. The van der Waals surface area contributed by atoms with Gasteiger partial charge in [-0.05, 0) is 55.8 Å². The third kappa shape index (κ3) is 3.98. The van der Waals surface area contributed by atoms with Crippen molar-refractivity contribution in [3.63, 3.8) is 0 Å². The largest absolute Gasteiger partial charge is 0.353 e. The lowest BCUT2D eigenvalue weighted by Crippen LogP contribution is -2.39. The van der Waals surface area contributed by atoms with Crippen LogP contribution in [0.2, 0.25) is 5.02 Å². The molecular weight excluding hydrogens is 376 g/mol. The van der Waals surface area contributed by atoms with E-state index in [0.29, 0.717) is 11.6 Å². The third-order valence-electron chi connectivity index (χ3n) is 5.29. The molecule has 0 radical (unpaired) electrons. The number of rotatable bonds is 6. The average Bonchev–Trinajstić information content (AvgIpc) is 3.31. The molecular formula is C21H23ClN4O2. The second-order valence-electron chi connectivity index (χ2n) is 7.15. The Morgan fingerprint density at radius 1 is 1.14 bits per heavy atom. The summed E-state index contributed by atoms with van der Waals surface area (Å²) in [6, 6.07) is 15.2. The van der Waals surface area contributed by atoms with Gasteiger partial charge in [-0.2, -0.15) is 0 Å². The molecule has 1 amide bonds. The summed E-state index contributed by atoms with van der Waals surface area (Å²) in [6.07, 6.45) is 2.32. The number of hydrogen-bond donors (Lipinski definition) is 2. The molecule has 4 rings (SSSR count). The van der Waals surface area contributed by atoms with Crippen molar-refractivity contribution >= 4 is 28.5 Å². The maximum atomic E-state index is 12.6. The Bertz CT molecular complexity index is 1040. The summed E-state index contributed by atoms with van der Waals surface area (Å²) in [5.41, 5.74) is 2.28. The van der Waals surface area contributed by atoms with Crippen LogP contribution in [0.4, 0.5) is 0 Å². The van der Waals surface area contributed by atoms with Crippen molar-refractivity contribution in [1.29, 1.82) is 0 Å².